The second-order valence-electron chi connectivity index (χ2n) is 6.00. The number of benzene rings is 2. The van der Waals surface area contributed by atoms with E-state index in [0.717, 1.165) is 26.7 Å². The van der Waals surface area contributed by atoms with Gasteiger partial charge >= 0.3 is 0 Å². The van der Waals surface area contributed by atoms with Gasteiger partial charge in [-0.05, 0) is 52.2 Å². The summed E-state index contributed by atoms with van der Waals surface area (Å²) in [6.45, 7) is 2.61. The molecule has 0 saturated heterocycles. The van der Waals surface area contributed by atoms with Crippen molar-refractivity contribution in [1.82, 2.24) is 19.9 Å². The van der Waals surface area contributed by atoms with Crippen molar-refractivity contribution in [3.63, 3.8) is 0 Å². The third kappa shape index (κ3) is 3.25. The Bertz CT molecular complexity index is 1070. The Labute approximate surface area is 158 Å². The lowest BCUT2D eigenvalue weighted by molar-refractivity contribution is 0.432. The average molecular weight is 410 g/mol. The first-order valence-electron chi connectivity index (χ1n) is 8.06. The molecule has 2 N–H and O–H groups in total. The van der Waals surface area contributed by atoms with Gasteiger partial charge in [-0.15, -0.1) is 0 Å². The molecular weight excluding hydrogens is 394 g/mol. The molecule has 0 aliphatic rings. The molecule has 0 aliphatic heterocycles. The number of nitrogens with zero attached hydrogens (tertiary/aromatic N) is 4. The third-order valence-electron chi connectivity index (χ3n) is 4.16. The molecule has 4 rings (SSSR count). The molecule has 0 bridgehead atoms. The molecule has 0 radical (unpaired) electrons. The number of nitrogen functional groups attached to an aromatic ring is 1. The molecule has 6 nitrogen and oxygen atoms in total. The Kier molecular flexibility index (Phi) is 4.30. The molecule has 0 atom stereocenters. The second-order valence-corrected chi connectivity index (χ2v) is 6.92. The van der Waals surface area contributed by atoms with E-state index >= 15 is 0 Å². The van der Waals surface area contributed by atoms with Gasteiger partial charge in [0.15, 0.2) is 0 Å². The minimum absolute atomic E-state index is 0.477. The first kappa shape index (κ1) is 16.5. The number of aromatic nitrogens is 4. The summed E-state index contributed by atoms with van der Waals surface area (Å²) in [5.74, 6) is 1.01. The Morgan fingerprint density at radius 3 is 2.85 bits per heavy atom. The summed E-state index contributed by atoms with van der Waals surface area (Å²) >= 11 is 3.41. The lowest BCUT2D eigenvalue weighted by Crippen LogP contribution is -1.99. The minimum Gasteiger partial charge on any atom is -0.398 e. The number of hydrogen-bond acceptors (Lipinski definition) is 5. The summed E-state index contributed by atoms with van der Waals surface area (Å²) in [5.41, 5.74) is 10.5. The number of anilines is 1. The molecule has 0 amide bonds. The van der Waals surface area contributed by atoms with Crippen LogP contribution in [0.4, 0.5) is 5.69 Å². The summed E-state index contributed by atoms with van der Waals surface area (Å²) in [6.07, 6.45) is 3.70. The first-order valence-corrected chi connectivity index (χ1v) is 8.86. The molecule has 2 aromatic heterocycles. The van der Waals surface area contributed by atoms with Crippen LogP contribution in [0.15, 0.2) is 63.9 Å². The Morgan fingerprint density at radius 1 is 1.19 bits per heavy atom. The van der Waals surface area contributed by atoms with E-state index < -0.39 is 0 Å². The van der Waals surface area contributed by atoms with Gasteiger partial charge in [-0.25, -0.2) is 0 Å². The zero-order valence-corrected chi connectivity index (χ0v) is 15.6. The van der Waals surface area contributed by atoms with Gasteiger partial charge in [-0.1, -0.05) is 29.4 Å². The van der Waals surface area contributed by atoms with Crippen LogP contribution in [-0.4, -0.2) is 19.9 Å². The Balaban J connectivity index is 1.63. The van der Waals surface area contributed by atoms with E-state index in [4.69, 9.17) is 10.3 Å². The van der Waals surface area contributed by atoms with Crippen LogP contribution in [0.25, 0.3) is 22.8 Å². The largest absolute Gasteiger partial charge is 0.398 e. The van der Waals surface area contributed by atoms with Crippen LogP contribution in [0, 0.1) is 6.92 Å². The van der Waals surface area contributed by atoms with Gasteiger partial charge < -0.3 is 10.3 Å². The van der Waals surface area contributed by atoms with E-state index in [-0.39, 0.29) is 0 Å². The molecule has 26 heavy (non-hydrogen) atoms. The third-order valence-corrected chi connectivity index (χ3v) is 4.57. The van der Waals surface area contributed by atoms with E-state index in [0.29, 0.717) is 23.9 Å². The smallest absolute Gasteiger partial charge is 0.258 e. The van der Waals surface area contributed by atoms with Crippen LogP contribution in [0.2, 0.25) is 0 Å². The maximum Gasteiger partial charge on any atom is 0.258 e. The molecule has 0 fully saturated rings. The number of hydrogen-bond donors (Lipinski definition) is 1. The highest BCUT2D eigenvalue weighted by Gasteiger charge is 2.13. The summed E-state index contributed by atoms with van der Waals surface area (Å²) in [7, 11) is 0. The van der Waals surface area contributed by atoms with E-state index in [2.05, 4.69) is 31.2 Å². The molecule has 2 aromatic carbocycles. The van der Waals surface area contributed by atoms with Crippen LogP contribution in [0.3, 0.4) is 0 Å². The van der Waals surface area contributed by atoms with Crippen LogP contribution >= 0.6 is 15.9 Å². The monoisotopic (exact) mass is 409 g/mol. The molecule has 7 heteroatoms. The minimum atomic E-state index is 0.477. The molecule has 0 spiro atoms. The molecule has 0 saturated carbocycles. The standard InChI is InChI=1S/C19H16BrN5O/c1-12-16(6-3-7-17(12)21)18-23-19(26-24-18)14-5-2-4-13(8-14)10-25-11-15(20)9-22-25/h2-9,11H,10,21H2,1H3. The first-order chi connectivity index (χ1) is 12.6. The van der Waals surface area contributed by atoms with Gasteiger partial charge in [0.2, 0.25) is 5.82 Å². The van der Waals surface area contributed by atoms with Gasteiger partial charge in [0.25, 0.3) is 5.89 Å². The zero-order valence-electron chi connectivity index (χ0n) is 14.1. The van der Waals surface area contributed by atoms with Gasteiger partial charge in [0.05, 0.1) is 17.2 Å². The highest BCUT2D eigenvalue weighted by molar-refractivity contribution is 9.10. The van der Waals surface area contributed by atoms with Crippen molar-refractivity contribution < 1.29 is 4.52 Å². The summed E-state index contributed by atoms with van der Waals surface area (Å²) in [4.78, 5) is 4.54. The maximum atomic E-state index is 5.97. The molecule has 130 valence electrons. The predicted octanol–water partition coefficient (Wildman–Crippen LogP) is 4.30. The normalized spacial score (nSPS) is 11.0. The van der Waals surface area contributed by atoms with Crippen molar-refractivity contribution in [1.29, 1.82) is 0 Å². The molecule has 4 aromatic rings. The summed E-state index contributed by atoms with van der Waals surface area (Å²) in [6, 6.07) is 13.7. The fourth-order valence-corrected chi connectivity index (χ4v) is 3.09. The van der Waals surface area contributed by atoms with Crippen molar-refractivity contribution in [3.05, 3.63) is 70.5 Å². The number of halogens is 1. The highest BCUT2D eigenvalue weighted by Crippen LogP contribution is 2.27. The van der Waals surface area contributed by atoms with Crippen LogP contribution in [0.5, 0.6) is 0 Å². The van der Waals surface area contributed by atoms with Gasteiger partial charge in [-0.3, -0.25) is 4.68 Å². The van der Waals surface area contributed by atoms with Crippen molar-refractivity contribution >= 4 is 21.6 Å². The van der Waals surface area contributed by atoms with E-state index in [1.54, 1.807) is 6.20 Å². The topological polar surface area (TPSA) is 82.8 Å². The van der Waals surface area contributed by atoms with E-state index in [1.807, 2.05) is 60.3 Å². The van der Waals surface area contributed by atoms with E-state index in [1.165, 1.54) is 0 Å². The molecule has 0 unspecified atom stereocenters. The van der Waals surface area contributed by atoms with E-state index in [9.17, 15) is 0 Å². The lowest BCUT2D eigenvalue weighted by Gasteiger charge is -2.04. The molecule has 0 aliphatic carbocycles. The predicted molar refractivity (Wildman–Crippen MR) is 103 cm³/mol. The quantitative estimate of drug-likeness (QED) is 0.507. The van der Waals surface area contributed by atoms with Crippen molar-refractivity contribution in [2.45, 2.75) is 13.5 Å². The Hall–Kier alpha value is -2.93. The Morgan fingerprint density at radius 2 is 2.04 bits per heavy atom. The summed E-state index contributed by atoms with van der Waals surface area (Å²) < 4.78 is 8.29. The van der Waals surface area contributed by atoms with Crippen LogP contribution in [0.1, 0.15) is 11.1 Å². The van der Waals surface area contributed by atoms with Crippen LogP contribution in [-0.2, 0) is 6.54 Å². The number of nitrogens with two attached hydrogens (primary N) is 1. The lowest BCUT2D eigenvalue weighted by atomic mass is 10.1. The fourth-order valence-electron chi connectivity index (χ4n) is 2.76. The maximum absolute atomic E-state index is 5.97. The molecule has 2 heterocycles. The van der Waals surface area contributed by atoms with Gasteiger partial charge in [0.1, 0.15) is 0 Å². The highest BCUT2D eigenvalue weighted by atomic mass is 79.9. The SMILES string of the molecule is Cc1c(N)cccc1-c1noc(-c2cccc(Cn3cc(Br)cn3)c2)n1. The van der Waals surface area contributed by atoms with Crippen molar-refractivity contribution in [3.8, 4) is 22.8 Å². The molecular formula is C19H16BrN5O. The van der Waals surface area contributed by atoms with Gasteiger partial charge in [0, 0.05) is 23.0 Å². The fraction of sp³-hybridized carbons (Fsp3) is 0.105. The van der Waals surface area contributed by atoms with Crippen molar-refractivity contribution in [2.75, 3.05) is 5.73 Å². The zero-order chi connectivity index (χ0) is 18.1. The van der Waals surface area contributed by atoms with Gasteiger partial charge in [-0.2, -0.15) is 10.1 Å². The number of rotatable bonds is 4. The summed E-state index contributed by atoms with van der Waals surface area (Å²) in [5, 5.41) is 8.40. The average Bonchev–Trinajstić information content (AvgIpc) is 3.27. The van der Waals surface area contributed by atoms with Crippen molar-refractivity contribution in [2.24, 2.45) is 0 Å². The second kappa shape index (κ2) is 6.76. The van der Waals surface area contributed by atoms with Crippen LogP contribution < -0.4 is 5.73 Å².